The molecule has 0 amide bonds. The number of nitrogens with zero attached hydrogens (tertiary/aromatic N) is 1. The normalized spacial score (nSPS) is 16.6. The van der Waals surface area contributed by atoms with Gasteiger partial charge in [0.15, 0.2) is 11.6 Å². The van der Waals surface area contributed by atoms with Gasteiger partial charge in [0.1, 0.15) is 5.82 Å². The summed E-state index contributed by atoms with van der Waals surface area (Å²) in [6.45, 7) is 0.322. The van der Waals surface area contributed by atoms with E-state index in [1.165, 1.54) is 0 Å². The highest BCUT2D eigenvalue weighted by Gasteiger charge is 2.23. The number of hydrogen-bond acceptors (Lipinski definition) is 2. The Balaban J connectivity index is 1.63. The third-order valence-corrected chi connectivity index (χ3v) is 4.55. The largest absolute Gasteiger partial charge is 0.477 e. The van der Waals surface area contributed by atoms with Gasteiger partial charge in [-0.05, 0) is 22.8 Å². The second-order valence-electron chi connectivity index (χ2n) is 6.32. The Bertz CT molecular complexity index is 984. The van der Waals surface area contributed by atoms with Crippen molar-refractivity contribution in [1.29, 1.82) is 0 Å². The van der Waals surface area contributed by atoms with Crippen molar-refractivity contribution in [3.63, 3.8) is 0 Å². The van der Waals surface area contributed by atoms with Crippen LogP contribution in [0.3, 0.4) is 0 Å². The fraction of sp³-hybridized carbons (Fsp3) is 0.136. The van der Waals surface area contributed by atoms with Crippen molar-refractivity contribution in [2.45, 2.75) is 12.5 Å². The zero-order valence-corrected chi connectivity index (χ0v) is 14.3. The molecule has 0 aliphatic carbocycles. The van der Waals surface area contributed by atoms with Gasteiger partial charge < -0.3 is 4.74 Å². The van der Waals surface area contributed by atoms with E-state index in [-0.39, 0.29) is 17.5 Å². The average Bonchev–Trinajstić information content (AvgIpc) is 2.72. The molecule has 1 unspecified atom stereocenters. The highest BCUT2D eigenvalue weighted by atomic mass is 19.2. The Kier molecular flexibility index (Phi) is 4.67. The van der Waals surface area contributed by atoms with Crippen LogP contribution >= 0.6 is 0 Å². The van der Waals surface area contributed by atoms with Crippen LogP contribution in [0.2, 0.25) is 0 Å². The predicted molar refractivity (Wildman–Crippen MR) is 98.0 cm³/mol. The Morgan fingerprint density at radius 3 is 2.19 bits per heavy atom. The fourth-order valence-electron chi connectivity index (χ4n) is 3.11. The maximum absolute atomic E-state index is 14.0. The van der Waals surface area contributed by atoms with Gasteiger partial charge in [-0.2, -0.15) is 0 Å². The van der Waals surface area contributed by atoms with Gasteiger partial charge in [-0.3, -0.25) is 0 Å². The quantitative estimate of drug-likeness (QED) is 0.546. The minimum atomic E-state index is -1.24. The minimum absolute atomic E-state index is 0.00483. The van der Waals surface area contributed by atoms with E-state index >= 15 is 0 Å². The zero-order chi connectivity index (χ0) is 18.8. The Hall–Kier alpha value is -3.08. The SMILES string of the molecule is Fc1cc(F)c(C2=NC(c3ccc(-c4ccccc4)cc3)CCO2)cc1F. The van der Waals surface area contributed by atoms with Crippen molar-refractivity contribution >= 4 is 5.90 Å². The molecule has 0 radical (unpaired) electrons. The molecule has 1 heterocycles. The third-order valence-electron chi connectivity index (χ3n) is 4.55. The number of ether oxygens (including phenoxy) is 1. The zero-order valence-electron chi connectivity index (χ0n) is 14.3. The number of benzene rings is 3. The molecule has 0 saturated heterocycles. The molecule has 136 valence electrons. The predicted octanol–water partition coefficient (Wildman–Crippen LogP) is 5.68. The van der Waals surface area contributed by atoms with Crippen LogP contribution in [0.4, 0.5) is 13.2 Å². The molecule has 0 saturated carbocycles. The van der Waals surface area contributed by atoms with Crippen LogP contribution in [0.1, 0.15) is 23.6 Å². The first-order chi connectivity index (χ1) is 13.1. The number of aliphatic imine (C=N–C) groups is 1. The van der Waals surface area contributed by atoms with Crippen molar-refractivity contribution in [2.75, 3.05) is 6.61 Å². The summed E-state index contributed by atoms with van der Waals surface area (Å²) in [4.78, 5) is 4.42. The monoisotopic (exact) mass is 367 g/mol. The molecule has 1 aliphatic heterocycles. The molecule has 2 nitrogen and oxygen atoms in total. The third kappa shape index (κ3) is 3.58. The van der Waals surface area contributed by atoms with Crippen LogP contribution in [0.15, 0.2) is 71.7 Å². The van der Waals surface area contributed by atoms with Crippen molar-refractivity contribution in [2.24, 2.45) is 4.99 Å². The van der Waals surface area contributed by atoms with Crippen molar-refractivity contribution in [3.05, 3.63) is 95.3 Å². The molecule has 0 aromatic heterocycles. The molecular weight excluding hydrogens is 351 g/mol. The summed E-state index contributed by atoms with van der Waals surface area (Å²) in [5.41, 5.74) is 2.99. The van der Waals surface area contributed by atoms with E-state index in [2.05, 4.69) is 4.99 Å². The van der Waals surface area contributed by atoms with Gasteiger partial charge in [0.25, 0.3) is 0 Å². The number of halogens is 3. The van der Waals surface area contributed by atoms with E-state index in [1.54, 1.807) is 0 Å². The Labute approximate surface area is 155 Å². The Morgan fingerprint density at radius 1 is 0.778 bits per heavy atom. The fourth-order valence-corrected chi connectivity index (χ4v) is 3.11. The van der Waals surface area contributed by atoms with E-state index in [1.807, 2.05) is 54.6 Å². The lowest BCUT2D eigenvalue weighted by atomic mass is 9.99. The number of hydrogen-bond donors (Lipinski definition) is 0. The summed E-state index contributed by atoms with van der Waals surface area (Å²) >= 11 is 0. The molecule has 1 aliphatic rings. The van der Waals surface area contributed by atoms with Gasteiger partial charge >= 0.3 is 0 Å². The molecule has 4 rings (SSSR count). The van der Waals surface area contributed by atoms with E-state index < -0.39 is 17.5 Å². The maximum atomic E-state index is 14.0. The second kappa shape index (κ2) is 7.27. The van der Waals surface area contributed by atoms with Gasteiger partial charge in [-0.1, -0.05) is 54.6 Å². The van der Waals surface area contributed by atoms with Crippen LogP contribution in [-0.4, -0.2) is 12.5 Å². The Morgan fingerprint density at radius 2 is 1.44 bits per heavy atom. The minimum Gasteiger partial charge on any atom is -0.477 e. The highest BCUT2D eigenvalue weighted by Crippen LogP contribution is 2.29. The molecule has 0 bridgehead atoms. The van der Waals surface area contributed by atoms with E-state index in [0.29, 0.717) is 19.1 Å². The topological polar surface area (TPSA) is 21.6 Å². The molecule has 1 atom stereocenters. The van der Waals surface area contributed by atoms with Gasteiger partial charge in [0.2, 0.25) is 5.90 Å². The van der Waals surface area contributed by atoms with Gasteiger partial charge in [-0.15, -0.1) is 0 Å². The lowest BCUT2D eigenvalue weighted by Gasteiger charge is -2.22. The molecule has 27 heavy (non-hydrogen) atoms. The first kappa shape index (κ1) is 17.3. The summed E-state index contributed by atoms with van der Waals surface area (Å²) in [6.07, 6.45) is 0.624. The maximum Gasteiger partial charge on any atom is 0.219 e. The summed E-state index contributed by atoms with van der Waals surface area (Å²) in [7, 11) is 0. The molecule has 0 fully saturated rings. The lowest BCUT2D eigenvalue weighted by molar-refractivity contribution is 0.261. The standard InChI is InChI=1S/C22H16F3NO/c23-18-13-20(25)19(24)12-17(18)22-26-21(10-11-27-22)16-8-6-15(7-9-16)14-4-2-1-3-5-14/h1-9,12-13,21H,10-11H2. The van der Waals surface area contributed by atoms with Crippen molar-refractivity contribution in [3.8, 4) is 11.1 Å². The lowest BCUT2D eigenvalue weighted by Crippen LogP contribution is -2.19. The van der Waals surface area contributed by atoms with Gasteiger partial charge in [0, 0.05) is 12.5 Å². The smallest absolute Gasteiger partial charge is 0.219 e. The molecule has 3 aromatic rings. The van der Waals surface area contributed by atoms with Crippen molar-refractivity contribution < 1.29 is 17.9 Å². The summed E-state index contributed by atoms with van der Waals surface area (Å²) in [5, 5.41) is 0. The number of rotatable bonds is 3. The van der Waals surface area contributed by atoms with Crippen LogP contribution in [0.5, 0.6) is 0 Å². The van der Waals surface area contributed by atoms with Crippen LogP contribution in [0.25, 0.3) is 11.1 Å². The molecule has 0 N–H and O–H groups in total. The summed E-state index contributed by atoms with van der Waals surface area (Å²) < 4.78 is 46.1. The van der Waals surface area contributed by atoms with Crippen molar-refractivity contribution in [1.82, 2.24) is 0 Å². The van der Waals surface area contributed by atoms with Crippen LogP contribution < -0.4 is 0 Å². The molecular formula is C22H16F3NO. The molecule has 3 aromatic carbocycles. The van der Waals surface area contributed by atoms with Crippen LogP contribution in [0, 0.1) is 17.5 Å². The first-order valence-electron chi connectivity index (χ1n) is 8.63. The molecule has 0 spiro atoms. The highest BCUT2D eigenvalue weighted by molar-refractivity contribution is 5.95. The second-order valence-corrected chi connectivity index (χ2v) is 6.32. The van der Waals surface area contributed by atoms with Gasteiger partial charge in [-0.25, -0.2) is 18.2 Å². The van der Waals surface area contributed by atoms with E-state index in [9.17, 15) is 13.2 Å². The molecule has 5 heteroatoms. The summed E-state index contributed by atoms with van der Waals surface area (Å²) in [6, 6.07) is 19.0. The van der Waals surface area contributed by atoms with E-state index in [0.717, 1.165) is 22.8 Å². The first-order valence-corrected chi connectivity index (χ1v) is 8.63. The van der Waals surface area contributed by atoms with Gasteiger partial charge in [0.05, 0.1) is 18.2 Å². The summed E-state index contributed by atoms with van der Waals surface area (Å²) in [5.74, 6) is -3.27. The van der Waals surface area contributed by atoms with E-state index in [4.69, 9.17) is 4.74 Å². The average molecular weight is 367 g/mol. The van der Waals surface area contributed by atoms with Crippen LogP contribution in [-0.2, 0) is 4.74 Å².